The number of hydrogen-bond acceptors (Lipinski definition) is 5. The Morgan fingerprint density at radius 3 is 2.59 bits per heavy atom. The van der Waals surface area contributed by atoms with E-state index < -0.39 is 24.5 Å². The molecule has 0 aliphatic carbocycles. The fourth-order valence-electron chi connectivity index (χ4n) is 2.06. The SMILES string of the molecule is CC[C@@H](C)NC(=O)NC(=O)COC(=O)/C=C/c1ccc(-c2ccccc2)s1. The lowest BCUT2D eigenvalue weighted by atomic mass is 10.2. The number of benzene rings is 1. The first-order valence-electron chi connectivity index (χ1n) is 8.58. The van der Waals surface area contributed by atoms with Crippen LogP contribution in [0.1, 0.15) is 25.1 Å². The zero-order valence-corrected chi connectivity index (χ0v) is 16.0. The second-order valence-electron chi connectivity index (χ2n) is 5.84. The first kappa shape index (κ1) is 20.4. The number of carbonyl (C=O) groups is 3. The van der Waals surface area contributed by atoms with E-state index >= 15 is 0 Å². The lowest BCUT2D eigenvalue weighted by Crippen LogP contribution is -2.44. The number of rotatable bonds is 7. The number of carbonyl (C=O) groups excluding carboxylic acids is 3. The Hall–Kier alpha value is -2.93. The normalized spacial score (nSPS) is 11.8. The Labute approximate surface area is 162 Å². The molecule has 0 radical (unpaired) electrons. The van der Waals surface area contributed by atoms with Crippen molar-refractivity contribution < 1.29 is 19.1 Å². The summed E-state index contributed by atoms with van der Waals surface area (Å²) in [5, 5.41) is 4.69. The Morgan fingerprint density at radius 2 is 1.89 bits per heavy atom. The van der Waals surface area contributed by atoms with Crippen molar-refractivity contribution in [3.05, 3.63) is 53.4 Å². The third-order valence-electron chi connectivity index (χ3n) is 3.66. The molecule has 0 aliphatic heterocycles. The van der Waals surface area contributed by atoms with Crippen molar-refractivity contribution >= 4 is 35.3 Å². The lowest BCUT2D eigenvalue weighted by molar-refractivity contribution is -0.143. The summed E-state index contributed by atoms with van der Waals surface area (Å²) in [6.07, 6.45) is 3.64. The molecule has 2 rings (SSSR count). The molecular formula is C20H22N2O4S. The number of urea groups is 1. The topological polar surface area (TPSA) is 84.5 Å². The number of nitrogens with one attached hydrogen (secondary N) is 2. The van der Waals surface area contributed by atoms with Crippen LogP contribution in [0, 0.1) is 0 Å². The summed E-state index contributed by atoms with van der Waals surface area (Å²) in [7, 11) is 0. The van der Waals surface area contributed by atoms with E-state index in [9.17, 15) is 14.4 Å². The first-order valence-corrected chi connectivity index (χ1v) is 9.40. The molecule has 2 N–H and O–H groups in total. The quantitative estimate of drug-likeness (QED) is 0.562. The van der Waals surface area contributed by atoms with Crippen molar-refractivity contribution in [2.24, 2.45) is 0 Å². The van der Waals surface area contributed by atoms with E-state index in [-0.39, 0.29) is 6.04 Å². The van der Waals surface area contributed by atoms with Crippen LogP contribution in [-0.2, 0) is 14.3 Å². The number of amides is 3. The van der Waals surface area contributed by atoms with Gasteiger partial charge < -0.3 is 10.1 Å². The maximum Gasteiger partial charge on any atom is 0.331 e. The molecule has 3 amide bonds. The Kier molecular flexibility index (Phi) is 7.76. The number of thiophene rings is 1. The highest BCUT2D eigenvalue weighted by atomic mass is 32.1. The molecule has 1 atom stereocenters. The monoisotopic (exact) mass is 386 g/mol. The molecular weight excluding hydrogens is 364 g/mol. The molecule has 7 heteroatoms. The van der Waals surface area contributed by atoms with E-state index in [1.807, 2.05) is 56.3 Å². The largest absolute Gasteiger partial charge is 0.452 e. The molecule has 0 fully saturated rings. The van der Waals surface area contributed by atoms with Gasteiger partial charge in [0.1, 0.15) is 0 Å². The summed E-state index contributed by atoms with van der Waals surface area (Å²) in [5.41, 5.74) is 1.11. The van der Waals surface area contributed by atoms with Gasteiger partial charge in [-0.1, -0.05) is 37.3 Å². The molecule has 6 nitrogen and oxygen atoms in total. The number of ether oxygens (including phenoxy) is 1. The van der Waals surface area contributed by atoms with Crippen LogP contribution in [0.5, 0.6) is 0 Å². The van der Waals surface area contributed by atoms with E-state index in [1.54, 1.807) is 17.4 Å². The maximum atomic E-state index is 11.7. The van der Waals surface area contributed by atoms with Gasteiger partial charge in [0.15, 0.2) is 6.61 Å². The highest BCUT2D eigenvalue weighted by Gasteiger charge is 2.11. The smallest absolute Gasteiger partial charge is 0.331 e. The summed E-state index contributed by atoms with van der Waals surface area (Å²) in [6.45, 7) is 3.22. The summed E-state index contributed by atoms with van der Waals surface area (Å²) < 4.78 is 4.84. The minimum absolute atomic E-state index is 0.0464. The molecule has 0 saturated heterocycles. The van der Waals surface area contributed by atoms with Gasteiger partial charge in [-0.25, -0.2) is 9.59 Å². The molecule has 1 aromatic heterocycles. The van der Waals surface area contributed by atoms with Crippen LogP contribution in [-0.4, -0.2) is 30.6 Å². The van der Waals surface area contributed by atoms with Crippen molar-refractivity contribution in [1.82, 2.24) is 10.6 Å². The van der Waals surface area contributed by atoms with E-state index in [0.29, 0.717) is 0 Å². The van der Waals surface area contributed by atoms with Crippen LogP contribution in [0.3, 0.4) is 0 Å². The molecule has 142 valence electrons. The number of hydrogen-bond donors (Lipinski definition) is 2. The zero-order chi connectivity index (χ0) is 19.6. The third-order valence-corrected chi connectivity index (χ3v) is 4.76. The summed E-state index contributed by atoms with van der Waals surface area (Å²) in [6, 6.07) is 13.2. The Balaban J connectivity index is 1.78. The van der Waals surface area contributed by atoms with Crippen LogP contribution in [0.25, 0.3) is 16.5 Å². The van der Waals surface area contributed by atoms with Gasteiger partial charge in [-0.05, 0) is 37.1 Å². The van der Waals surface area contributed by atoms with Crippen LogP contribution < -0.4 is 10.6 Å². The maximum absolute atomic E-state index is 11.7. The molecule has 0 unspecified atom stereocenters. The van der Waals surface area contributed by atoms with Gasteiger partial charge in [0.05, 0.1) is 0 Å². The molecule has 0 bridgehead atoms. The Bertz CT molecular complexity index is 814. The molecule has 1 heterocycles. The summed E-state index contributed by atoms with van der Waals surface area (Å²) >= 11 is 1.54. The van der Waals surface area contributed by atoms with Gasteiger partial charge in [-0.2, -0.15) is 0 Å². The highest BCUT2D eigenvalue weighted by molar-refractivity contribution is 7.16. The minimum Gasteiger partial charge on any atom is -0.452 e. The number of imide groups is 1. The third kappa shape index (κ3) is 7.07. The van der Waals surface area contributed by atoms with E-state index in [2.05, 4.69) is 10.6 Å². The average Bonchev–Trinajstić information content (AvgIpc) is 3.14. The van der Waals surface area contributed by atoms with Crippen LogP contribution >= 0.6 is 11.3 Å². The van der Waals surface area contributed by atoms with E-state index in [1.165, 1.54) is 6.08 Å². The fraction of sp³-hybridized carbons (Fsp3) is 0.250. The van der Waals surface area contributed by atoms with E-state index in [0.717, 1.165) is 21.7 Å². The van der Waals surface area contributed by atoms with E-state index in [4.69, 9.17) is 4.74 Å². The molecule has 1 aromatic carbocycles. The van der Waals surface area contributed by atoms with Gasteiger partial charge in [0.2, 0.25) is 0 Å². The molecule has 0 aliphatic rings. The van der Waals surface area contributed by atoms with Gasteiger partial charge in [-0.3, -0.25) is 10.1 Å². The van der Waals surface area contributed by atoms with Crippen molar-refractivity contribution in [3.63, 3.8) is 0 Å². The predicted molar refractivity (Wildman–Crippen MR) is 106 cm³/mol. The van der Waals surface area contributed by atoms with Gasteiger partial charge in [0, 0.05) is 21.9 Å². The average molecular weight is 386 g/mol. The standard InChI is InChI=1S/C20H22N2O4S/c1-3-14(2)21-20(25)22-18(23)13-26-19(24)12-10-16-9-11-17(27-16)15-7-5-4-6-8-15/h4-12,14H,3,13H2,1-2H3,(H2,21,22,23,25)/b12-10+/t14-/m1/s1. The fourth-order valence-corrected chi connectivity index (χ4v) is 2.98. The van der Waals surface area contributed by atoms with Gasteiger partial charge in [0.25, 0.3) is 5.91 Å². The molecule has 0 saturated carbocycles. The van der Waals surface area contributed by atoms with Crippen molar-refractivity contribution in [3.8, 4) is 10.4 Å². The van der Waals surface area contributed by atoms with Crippen LogP contribution in [0.4, 0.5) is 4.79 Å². The second kappa shape index (κ2) is 10.3. The summed E-state index contributed by atoms with van der Waals surface area (Å²) in [5.74, 6) is -1.33. The minimum atomic E-state index is -0.681. The molecule has 2 aromatic rings. The number of esters is 1. The van der Waals surface area contributed by atoms with Gasteiger partial charge in [-0.15, -0.1) is 11.3 Å². The second-order valence-corrected chi connectivity index (χ2v) is 6.96. The van der Waals surface area contributed by atoms with Crippen LogP contribution in [0.2, 0.25) is 0 Å². The molecule has 0 spiro atoms. The first-order chi connectivity index (χ1) is 13.0. The summed E-state index contributed by atoms with van der Waals surface area (Å²) in [4.78, 5) is 36.8. The van der Waals surface area contributed by atoms with Crippen molar-refractivity contribution in [2.45, 2.75) is 26.3 Å². The lowest BCUT2D eigenvalue weighted by Gasteiger charge is -2.11. The zero-order valence-electron chi connectivity index (χ0n) is 15.2. The van der Waals surface area contributed by atoms with Crippen LogP contribution in [0.15, 0.2) is 48.5 Å². The predicted octanol–water partition coefficient (Wildman–Crippen LogP) is 3.60. The molecule has 27 heavy (non-hydrogen) atoms. The van der Waals surface area contributed by atoms with Gasteiger partial charge >= 0.3 is 12.0 Å². The Morgan fingerprint density at radius 1 is 1.15 bits per heavy atom. The van der Waals surface area contributed by atoms with Crippen molar-refractivity contribution in [2.75, 3.05) is 6.61 Å². The van der Waals surface area contributed by atoms with Crippen molar-refractivity contribution in [1.29, 1.82) is 0 Å². The highest BCUT2D eigenvalue weighted by Crippen LogP contribution is 2.28.